The smallest absolute Gasteiger partial charge is 0.287 e. The maximum Gasteiger partial charge on any atom is 0.287 e. The molecule has 2 bridgehead atoms. The van der Waals surface area contributed by atoms with E-state index in [9.17, 15) is 13.2 Å². The lowest BCUT2D eigenvalue weighted by Gasteiger charge is -2.22. The van der Waals surface area contributed by atoms with E-state index in [-0.39, 0.29) is 28.4 Å². The number of hydrogen-bond acceptors (Lipinski definition) is 4. The summed E-state index contributed by atoms with van der Waals surface area (Å²) < 4.78 is 27.9. The Labute approximate surface area is 117 Å². The molecule has 2 aliphatic rings. The quantitative estimate of drug-likeness (QED) is 0.873. The molecule has 2 fully saturated rings. The zero-order valence-corrected chi connectivity index (χ0v) is 12.1. The van der Waals surface area contributed by atoms with Crippen molar-refractivity contribution in [2.24, 2.45) is 17.0 Å². The molecule has 0 radical (unpaired) electrons. The molecule has 3 N–H and O–H groups in total. The largest absolute Gasteiger partial charge is 0.455 e. The Morgan fingerprint density at radius 2 is 2.15 bits per heavy atom. The first-order valence-corrected chi connectivity index (χ1v) is 8.33. The van der Waals surface area contributed by atoms with Gasteiger partial charge in [0.1, 0.15) is 10.7 Å². The molecular formula is C13H18N2O4S. The molecule has 110 valence electrons. The third kappa shape index (κ3) is 2.35. The van der Waals surface area contributed by atoms with Crippen LogP contribution in [0.4, 0.5) is 0 Å². The van der Waals surface area contributed by atoms with Crippen molar-refractivity contribution in [2.75, 3.05) is 0 Å². The fourth-order valence-corrected chi connectivity index (χ4v) is 4.23. The van der Waals surface area contributed by atoms with Gasteiger partial charge in [0.05, 0.1) is 0 Å². The van der Waals surface area contributed by atoms with Gasteiger partial charge >= 0.3 is 0 Å². The Morgan fingerprint density at radius 1 is 1.40 bits per heavy atom. The van der Waals surface area contributed by atoms with E-state index in [2.05, 4.69) is 5.32 Å². The Hall–Kier alpha value is -1.34. The van der Waals surface area contributed by atoms with E-state index in [4.69, 9.17) is 9.56 Å². The van der Waals surface area contributed by atoms with Gasteiger partial charge in [-0.05, 0) is 38.0 Å². The summed E-state index contributed by atoms with van der Waals surface area (Å²) in [4.78, 5) is 12.0. The van der Waals surface area contributed by atoms with Crippen molar-refractivity contribution in [1.29, 1.82) is 0 Å². The molecule has 3 atom stereocenters. The van der Waals surface area contributed by atoms with Crippen LogP contribution in [0.2, 0.25) is 0 Å². The van der Waals surface area contributed by atoms with Crippen LogP contribution in [0.1, 0.15) is 42.0 Å². The molecule has 0 aliphatic heterocycles. The molecule has 20 heavy (non-hydrogen) atoms. The van der Waals surface area contributed by atoms with Crippen LogP contribution in [0, 0.1) is 18.8 Å². The van der Waals surface area contributed by atoms with Crippen LogP contribution in [-0.2, 0) is 10.0 Å². The van der Waals surface area contributed by atoms with Gasteiger partial charge in [0.2, 0.25) is 10.0 Å². The molecule has 1 aromatic heterocycles. The third-order valence-corrected chi connectivity index (χ3v) is 5.48. The SMILES string of the molecule is Cc1oc(C(=O)NC2CC3CCC2C3)cc1S(N)(=O)=O. The highest BCUT2D eigenvalue weighted by molar-refractivity contribution is 7.89. The zero-order chi connectivity index (χ0) is 14.5. The van der Waals surface area contributed by atoms with Gasteiger partial charge in [-0.1, -0.05) is 6.42 Å². The normalized spacial score (nSPS) is 28.8. The molecule has 0 aromatic carbocycles. The number of sulfonamides is 1. The summed E-state index contributed by atoms with van der Waals surface area (Å²) in [5.41, 5.74) is 0. The van der Waals surface area contributed by atoms with E-state index in [0.717, 1.165) is 18.8 Å². The molecule has 0 saturated heterocycles. The molecular weight excluding hydrogens is 280 g/mol. The Morgan fingerprint density at radius 3 is 2.65 bits per heavy atom. The Kier molecular flexibility index (Phi) is 3.13. The topological polar surface area (TPSA) is 102 Å². The number of amides is 1. The minimum Gasteiger partial charge on any atom is -0.455 e. The van der Waals surface area contributed by atoms with E-state index < -0.39 is 10.0 Å². The van der Waals surface area contributed by atoms with Crippen LogP contribution < -0.4 is 10.5 Å². The number of hydrogen-bond donors (Lipinski definition) is 2. The van der Waals surface area contributed by atoms with E-state index in [0.29, 0.717) is 5.92 Å². The molecule has 7 heteroatoms. The summed E-state index contributed by atoms with van der Waals surface area (Å²) in [6.45, 7) is 1.48. The van der Waals surface area contributed by atoms with Crippen LogP contribution in [0.15, 0.2) is 15.4 Å². The van der Waals surface area contributed by atoms with E-state index >= 15 is 0 Å². The lowest BCUT2D eigenvalue weighted by atomic mass is 9.95. The van der Waals surface area contributed by atoms with Gasteiger partial charge in [0.15, 0.2) is 5.76 Å². The van der Waals surface area contributed by atoms with Crippen LogP contribution in [0.3, 0.4) is 0 Å². The van der Waals surface area contributed by atoms with Crippen LogP contribution in [-0.4, -0.2) is 20.4 Å². The van der Waals surface area contributed by atoms with Crippen molar-refractivity contribution < 1.29 is 17.6 Å². The van der Waals surface area contributed by atoms with Gasteiger partial charge in [-0.3, -0.25) is 4.79 Å². The molecule has 2 saturated carbocycles. The van der Waals surface area contributed by atoms with Crippen molar-refractivity contribution >= 4 is 15.9 Å². The second kappa shape index (κ2) is 4.60. The minimum atomic E-state index is -3.86. The van der Waals surface area contributed by atoms with Gasteiger partial charge in [-0.15, -0.1) is 0 Å². The first-order chi connectivity index (χ1) is 9.34. The van der Waals surface area contributed by atoms with Crippen LogP contribution >= 0.6 is 0 Å². The van der Waals surface area contributed by atoms with Gasteiger partial charge in [-0.25, -0.2) is 13.6 Å². The molecule has 2 aliphatic carbocycles. The van der Waals surface area contributed by atoms with Gasteiger partial charge in [-0.2, -0.15) is 0 Å². The number of nitrogens with one attached hydrogen (secondary N) is 1. The van der Waals surface area contributed by atoms with Crippen molar-refractivity contribution in [3.8, 4) is 0 Å². The van der Waals surface area contributed by atoms with E-state index in [1.165, 1.54) is 25.8 Å². The highest BCUT2D eigenvalue weighted by Crippen LogP contribution is 2.44. The Bertz CT molecular complexity index is 649. The van der Waals surface area contributed by atoms with Crippen molar-refractivity contribution in [3.63, 3.8) is 0 Å². The molecule has 3 unspecified atom stereocenters. The average Bonchev–Trinajstić information content (AvgIpc) is 3.01. The lowest BCUT2D eigenvalue weighted by Crippen LogP contribution is -2.38. The predicted molar refractivity (Wildman–Crippen MR) is 71.5 cm³/mol. The fourth-order valence-electron chi connectivity index (χ4n) is 3.52. The molecule has 3 rings (SSSR count). The van der Waals surface area contributed by atoms with Crippen molar-refractivity contribution in [2.45, 2.75) is 43.5 Å². The summed E-state index contributed by atoms with van der Waals surface area (Å²) in [5, 5.41) is 8.01. The summed E-state index contributed by atoms with van der Waals surface area (Å²) >= 11 is 0. The maximum atomic E-state index is 12.1. The lowest BCUT2D eigenvalue weighted by molar-refractivity contribution is 0.0893. The first-order valence-electron chi connectivity index (χ1n) is 6.78. The summed E-state index contributed by atoms with van der Waals surface area (Å²) in [6.07, 6.45) is 4.62. The number of fused-ring (bicyclic) bond motifs is 2. The maximum absolute atomic E-state index is 12.1. The highest BCUT2D eigenvalue weighted by Gasteiger charge is 2.40. The second-order valence-electron chi connectivity index (χ2n) is 5.83. The second-order valence-corrected chi connectivity index (χ2v) is 7.36. The van der Waals surface area contributed by atoms with Gasteiger partial charge in [0.25, 0.3) is 5.91 Å². The molecule has 1 amide bonds. The fraction of sp³-hybridized carbons (Fsp3) is 0.615. The standard InChI is InChI=1S/C13H18N2O4S/c1-7-12(20(14,17)18)6-11(19-7)13(16)15-10-5-8-2-3-9(10)4-8/h6,8-10H,2-5H2,1H3,(H,15,16)(H2,14,17,18). The summed E-state index contributed by atoms with van der Waals surface area (Å²) in [5.74, 6) is 1.07. The number of carbonyl (C=O) groups excluding carboxylic acids is 1. The number of primary sulfonamides is 1. The highest BCUT2D eigenvalue weighted by atomic mass is 32.2. The number of carbonyl (C=O) groups is 1. The number of rotatable bonds is 3. The van der Waals surface area contributed by atoms with Gasteiger partial charge < -0.3 is 9.73 Å². The van der Waals surface area contributed by atoms with Gasteiger partial charge in [0, 0.05) is 12.1 Å². The number of furan rings is 1. The number of nitrogens with two attached hydrogens (primary N) is 1. The third-order valence-electron chi connectivity index (χ3n) is 4.46. The van der Waals surface area contributed by atoms with Crippen LogP contribution in [0.25, 0.3) is 0 Å². The predicted octanol–water partition coefficient (Wildman–Crippen LogP) is 1.15. The van der Waals surface area contributed by atoms with E-state index in [1.54, 1.807) is 0 Å². The van der Waals surface area contributed by atoms with E-state index in [1.807, 2.05) is 0 Å². The minimum absolute atomic E-state index is 0.00861. The molecule has 1 heterocycles. The molecule has 1 aromatic rings. The summed E-state index contributed by atoms with van der Waals surface area (Å²) in [7, 11) is -3.86. The zero-order valence-electron chi connectivity index (χ0n) is 11.3. The average molecular weight is 298 g/mol. The Balaban J connectivity index is 1.75. The van der Waals surface area contributed by atoms with Crippen molar-refractivity contribution in [3.05, 3.63) is 17.6 Å². The molecule has 0 spiro atoms. The summed E-state index contributed by atoms with van der Waals surface area (Å²) in [6, 6.07) is 1.39. The number of aryl methyl sites for hydroxylation is 1. The first kappa shape index (κ1) is 13.6. The van der Waals surface area contributed by atoms with Crippen LogP contribution in [0.5, 0.6) is 0 Å². The van der Waals surface area contributed by atoms with Crippen molar-refractivity contribution in [1.82, 2.24) is 5.32 Å². The monoisotopic (exact) mass is 298 g/mol. The molecule has 6 nitrogen and oxygen atoms in total.